The van der Waals surface area contributed by atoms with E-state index in [0.717, 1.165) is 24.1 Å². The summed E-state index contributed by atoms with van der Waals surface area (Å²) in [5, 5.41) is 2.73. The molecule has 0 spiro atoms. The molecule has 2 aliphatic heterocycles. The van der Waals surface area contributed by atoms with Gasteiger partial charge in [-0.1, -0.05) is 43.3 Å². The van der Waals surface area contributed by atoms with Crippen LogP contribution in [0.1, 0.15) is 56.7 Å². The lowest BCUT2D eigenvalue weighted by Gasteiger charge is -2.47. The predicted molar refractivity (Wildman–Crippen MR) is 120 cm³/mol. The van der Waals surface area contributed by atoms with E-state index in [1.54, 1.807) is 6.08 Å². The van der Waals surface area contributed by atoms with Crippen LogP contribution in [-0.2, 0) is 11.3 Å². The fourth-order valence-corrected chi connectivity index (χ4v) is 4.85. The Labute approximate surface area is 178 Å². The predicted octanol–water partition coefficient (Wildman–Crippen LogP) is 4.89. The molecule has 30 heavy (non-hydrogen) atoms. The molecule has 2 aromatic carbocycles. The van der Waals surface area contributed by atoms with E-state index in [1.165, 1.54) is 16.2 Å². The molecular weight excluding hydrogens is 374 g/mol. The number of hydrogen-bond donors (Lipinski definition) is 1. The minimum atomic E-state index is -0.375. The summed E-state index contributed by atoms with van der Waals surface area (Å²) in [6.45, 7) is 10.3. The molecule has 1 unspecified atom stereocenters. The van der Waals surface area contributed by atoms with Gasteiger partial charge in [-0.3, -0.25) is 9.69 Å². The van der Waals surface area contributed by atoms with Crippen LogP contribution in [0.4, 0.5) is 10.5 Å². The SMILES string of the molecule is CCN1c2ccc(/C=C3\NC(=O)N(Cc4ccccc4)C3=O)cc2C(C)CC1(C)C. The summed E-state index contributed by atoms with van der Waals surface area (Å²) in [6.07, 6.45) is 2.86. The third kappa shape index (κ3) is 3.60. The molecule has 1 atom stereocenters. The van der Waals surface area contributed by atoms with Crippen LogP contribution in [0.2, 0.25) is 0 Å². The van der Waals surface area contributed by atoms with Crippen molar-refractivity contribution in [3.8, 4) is 0 Å². The van der Waals surface area contributed by atoms with Gasteiger partial charge >= 0.3 is 6.03 Å². The number of nitrogens with one attached hydrogen (secondary N) is 1. The van der Waals surface area contributed by atoms with E-state index < -0.39 is 0 Å². The van der Waals surface area contributed by atoms with Crippen molar-refractivity contribution >= 4 is 23.7 Å². The van der Waals surface area contributed by atoms with Crippen molar-refractivity contribution in [2.24, 2.45) is 0 Å². The Balaban J connectivity index is 1.61. The number of carbonyl (C=O) groups is 2. The molecule has 1 fully saturated rings. The van der Waals surface area contributed by atoms with Gasteiger partial charge in [-0.2, -0.15) is 0 Å². The van der Waals surface area contributed by atoms with Crippen LogP contribution >= 0.6 is 0 Å². The first kappa shape index (κ1) is 20.2. The molecule has 2 aliphatic rings. The largest absolute Gasteiger partial charge is 0.366 e. The second-order valence-electron chi connectivity index (χ2n) is 8.85. The zero-order valence-electron chi connectivity index (χ0n) is 18.1. The monoisotopic (exact) mass is 403 g/mol. The second kappa shape index (κ2) is 7.63. The van der Waals surface area contributed by atoms with Crippen LogP contribution in [0.25, 0.3) is 6.08 Å². The Bertz CT molecular complexity index is 1010. The topological polar surface area (TPSA) is 52.7 Å². The molecule has 0 aliphatic carbocycles. The van der Waals surface area contributed by atoms with Gasteiger partial charge in [0.2, 0.25) is 0 Å². The molecule has 5 nitrogen and oxygen atoms in total. The summed E-state index contributed by atoms with van der Waals surface area (Å²) < 4.78 is 0. The highest BCUT2D eigenvalue weighted by Crippen LogP contribution is 2.43. The van der Waals surface area contributed by atoms with Crippen molar-refractivity contribution in [2.75, 3.05) is 11.4 Å². The van der Waals surface area contributed by atoms with Gasteiger partial charge in [0.1, 0.15) is 5.70 Å². The number of anilines is 1. The van der Waals surface area contributed by atoms with Crippen LogP contribution < -0.4 is 10.2 Å². The summed E-state index contributed by atoms with van der Waals surface area (Å²) in [4.78, 5) is 28.9. The van der Waals surface area contributed by atoms with Crippen LogP contribution in [0.3, 0.4) is 0 Å². The van der Waals surface area contributed by atoms with Crippen molar-refractivity contribution in [2.45, 2.75) is 52.1 Å². The second-order valence-corrected chi connectivity index (χ2v) is 8.85. The van der Waals surface area contributed by atoms with E-state index in [0.29, 0.717) is 11.6 Å². The number of rotatable bonds is 4. The van der Waals surface area contributed by atoms with Gasteiger partial charge in [-0.15, -0.1) is 0 Å². The van der Waals surface area contributed by atoms with E-state index in [-0.39, 0.29) is 24.0 Å². The Hall–Kier alpha value is -3.08. The normalized spacial score (nSPS) is 21.7. The molecule has 3 amide bonds. The summed E-state index contributed by atoms with van der Waals surface area (Å²) >= 11 is 0. The number of fused-ring (bicyclic) bond motifs is 1. The minimum absolute atomic E-state index is 0.120. The summed E-state index contributed by atoms with van der Waals surface area (Å²) in [6, 6.07) is 15.5. The lowest BCUT2D eigenvalue weighted by molar-refractivity contribution is -0.123. The van der Waals surface area contributed by atoms with Crippen LogP contribution in [0, 0.1) is 0 Å². The van der Waals surface area contributed by atoms with Gasteiger partial charge in [0.15, 0.2) is 0 Å². The first-order valence-corrected chi connectivity index (χ1v) is 10.6. The van der Waals surface area contributed by atoms with E-state index in [9.17, 15) is 9.59 Å². The Morgan fingerprint density at radius 3 is 2.57 bits per heavy atom. The average molecular weight is 404 g/mol. The maximum atomic E-state index is 12.8. The number of nitrogens with zero attached hydrogens (tertiary/aromatic N) is 2. The zero-order valence-corrected chi connectivity index (χ0v) is 18.1. The molecule has 156 valence electrons. The molecule has 0 saturated carbocycles. The molecule has 0 bridgehead atoms. The van der Waals surface area contributed by atoms with E-state index in [2.05, 4.69) is 50.0 Å². The smallest absolute Gasteiger partial charge is 0.329 e. The Kier molecular flexibility index (Phi) is 5.14. The highest BCUT2D eigenvalue weighted by atomic mass is 16.2. The quantitative estimate of drug-likeness (QED) is 0.584. The molecule has 1 saturated heterocycles. The number of hydrogen-bond acceptors (Lipinski definition) is 3. The van der Waals surface area contributed by atoms with Crippen LogP contribution in [-0.4, -0.2) is 28.9 Å². The maximum Gasteiger partial charge on any atom is 0.329 e. The number of benzene rings is 2. The summed E-state index contributed by atoms with van der Waals surface area (Å²) in [7, 11) is 0. The summed E-state index contributed by atoms with van der Waals surface area (Å²) in [5.74, 6) is 0.144. The lowest BCUT2D eigenvalue weighted by atomic mass is 9.79. The third-order valence-electron chi connectivity index (χ3n) is 6.18. The first-order chi connectivity index (χ1) is 14.3. The number of urea groups is 1. The maximum absolute atomic E-state index is 12.8. The molecule has 5 heteroatoms. The fourth-order valence-electron chi connectivity index (χ4n) is 4.85. The fraction of sp³-hybridized carbons (Fsp3) is 0.360. The lowest BCUT2D eigenvalue weighted by Crippen LogP contribution is -2.48. The average Bonchev–Trinajstić information content (AvgIpc) is 2.96. The van der Waals surface area contributed by atoms with Gasteiger partial charge in [-0.05, 0) is 68.0 Å². The van der Waals surface area contributed by atoms with Crippen molar-refractivity contribution in [3.05, 3.63) is 70.9 Å². The Morgan fingerprint density at radius 2 is 1.87 bits per heavy atom. The highest BCUT2D eigenvalue weighted by molar-refractivity contribution is 6.13. The molecule has 0 radical (unpaired) electrons. The number of imide groups is 1. The third-order valence-corrected chi connectivity index (χ3v) is 6.18. The molecule has 2 heterocycles. The standard InChI is InChI=1S/C25H29N3O2/c1-5-28-22-12-11-19(13-20(22)17(2)15-25(28,3)4)14-21-23(29)27(24(30)26-21)16-18-9-7-6-8-10-18/h6-14,17H,5,15-16H2,1-4H3,(H,26,30)/b21-14-. The molecule has 2 aromatic rings. The van der Waals surface area contributed by atoms with Crippen LogP contribution in [0.15, 0.2) is 54.2 Å². The molecule has 0 aromatic heterocycles. The highest BCUT2D eigenvalue weighted by Gasteiger charge is 2.36. The van der Waals surface area contributed by atoms with Gasteiger partial charge < -0.3 is 10.2 Å². The van der Waals surface area contributed by atoms with Crippen LogP contribution in [0.5, 0.6) is 0 Å². The van der Waals surface area contributed by atoms with Gasteiger partial charge in [0.05, 0.1) is 6.54 Å². The van der Waals surface area contributed by atoms with Crippen molar-refractivity contribution in [3.63, 3.8) is 0 Å². The van der Waals surface area contributed by atoms with Gasteiger partial charge in [-0.25, -0.2) is 4.79 Å². The van der Waals surface area contributed by atoms with E-state index in [4.69, 9.17) is 0 Å². The van der Waals surface area contributed by atoms with E-state index in [1.807, 2.05) is 36.4 Å². The zero-order chi connectivity index (χ0) is 21.5. The van der Waals surface area contributed by atoms with Gasteiger partial charge in [0, 0.05) is 17.8 Å². The van der Waals surface area contributed by atoms with Crippen molar-refractivity contribution < 1.29 is 9.59 Å². The molecule has 1 N–H and O–H groups in total. The van der Waals surface area contributed by atoms with E-state index >= 15 is 0 Å². The number of amides is 3. The molecular formula is C25H29N3O2. The molecule has 4 rings (SSSR count). The first-order valence-electron chi connectivity index (χ1n) is 10.6. The minimum Gasteiger partial charge on any atom is -0.366 e. The van der Waals surface area contributed by atoms with Crippen molar-refractivity contribution in [1.29, 1.82) is 0 Å². The Morgan fingerprint density at radius 1 is 1.13 bits per heavy atom. The van der Waals surface area contributed by atoms with Crippen molar-refractivity contribution in [1.82, 2.24) is 10.2 Å². The number of carbonyl (C=O) groups excluding carboxylic acids is 2. The summed E-state index contributed by atoms with van der Waals surface area (Å²) in [5.41, 5.74) is 4.86. The van der Waals surface area contributed by atoms with Gasteiger partial charge in [0.25, 0.3) is 5.91 Å².